The Labute approximate surface area is 195 Å². The first-order valence-corrected chi connectivity index (χ1v) is 13.0. The van der Waals surface area contributed by atoms with Crippen LogP contribution in [0.3, 0.4) is 0 Å². The van der Waals surface area contributed by atoms with Crippen molar-refractivity contribution in [2.75, 3.05) is 0 Å². The summed E-state index contributed by atoms with van der Waals surface area (Å²) in [6.07, 6.45) is 7.73. The second-order valence-electron chi connectivity index (χ2n) is 8.34. The summed E-state index contributed by atoms with van der Waals surface area (Å²) in [5.74, 6) is 0. The highest BCUT2D eigenvalue weighted by molar-refractivity contribution is 7.81. The van der Waals surface area contributed by atoms with Gasteiger partial charge in [0.1, 0.15) is 0 Å². The molecule has 0 N–H and O–H groups in total. The third-order valence-corrected chi connectivity index (χ3v) is 8.56. The van der Waals surface area contributed by atoms with E-state index >= 15 is 0 Å². The van der Waals surface area contributed by atoms with Crippen LogP contribution >= 0.6 is 18.8 Å². The number of aromatic nitrogens is 2. The predicted molar refractivity (Wildman–Crippen MR) is 141 cm³/mol. The number of hydrogen-bond donors (Lipinski definition) is 0. The van der Waals surface area contributed by atoms with Crippen molar-refractivity contribution in [2.24, 2.45) is 0 Å². The zero-order chi connectivity index (χ0) is 22.2. The van der Waals surface area contributed by atoms with Gasteiger partial charge >= 0.3 is 0 Å². The monoisotopic (exact) mass is 456 g/mol. The Morgan fingerprint density at radius 2 is 1.19 bits per heavy atom. The predicted octanol–water partition coefficient (Wildman–Crippen LogP) is 8.72. The average Bonchev–Trinajstić information content (AvgIpc) is 3.48. The SMILES string of the molecule is CC1=CCc2ccccc21.Cc1cn(P(Cl)n2cc(C)c3ccccc32)c2ccccc12. The molecule has 160 valence electrons. The Bertz CT molecular complexity index is 1380. The van der Waals surface area contributed by atoms with Crippen LogP contribution < -0.4 is 0 Å². The maximum atomic E-state index is 6.91. The second-order valence-corrected chi connectivity index (χ2v) is 10.6. The molecule has 3 aromatic carbocycles. The lowest BCUT2D eigenvalue weighted by atomic mass is 10.1. The van der Waals surface area contributed by atoms with Crippen LogP contribution in [0, 0.1) is 13.8 Å². The molecular formula is C28H26ClN2P. The smallest absolute Gasteiger partial charge is 0.206 e. The normalized spacial score (nSPS) is 12.7. The largest absolute Gasteiger partial charge is 0.296 e. The van der Waals surface area contributed by atoms with Crippen LogP contribution in [0.15, 0.2) is 91.3 Å². The van der Waals surface area contributed by atoms with Crippen molar-refractivity contribution in [1.29, 1.82) is 0 Å². The number of nitrogens with zero attached hydrogens (tertiary/aromatic N) is 2. The number of hydrogen-bond acceptors (Lipinski definition) is 0. The van der Waals surface area contributed by atoms with Gasteiger partial charge in [-0.2, -0.15) is 0 Å². The molecule has 0 spiro atoms. The zero-order valence-electron chi connectivity index (χ0n) is 18.6. The third-order valence-electron chi connectivity index (χ3n) is 6.21. The quantitative estimate of drug-likeness (QED) is 0.235. The first-order valence-electron chi connectivity index (χ1n) is 10.9. The van der Waals surface area contributed by atoms with Crippen molar-refractivity contribution in [2.45, 2.75) is 27.2 Å². The molecule has 0 saturated heterocycles. The average molecular weight is 457 g/mol. The second kappa shape index (κ2) is 8.62. The van der Waals surface area contributed by atoms with E-state index in [0.29, 0.717) is 0 Å². The van der Waals surface area contributed by atoms with Gasteiger partial charge in [0.05, 0.1) is 11.0 Å². The Balaban J connectivity index is 0.000000180. The van der Waals surface area contributed by atoms with Crippen molar-refractivity contribution in [3.8, 4) is 0 Å². The summed E-state index contributed by atoms with van der Waals surface area (Å²) in [6.45, 7) is 6.45. The summed E-state index contributed by atoms with van der Waals surface area (Å²) in [5.41, 5.74) is 9.24. The van der Waals surface area contributed by atoms with Gasteiger partial charge in [-0.3, -0.25) is 8.68 Å². The van der Waals surface area contributed by atoms with Gasteiger partial charge in [-0.05, 0) is 78.4 Å². The molecular weight excluding hydrogens is 431 g/mol. The number of benzene rings is 3. The van der Waals surface area contributed by atoms with E-state index in [-0.39, 0.29) is 0 Å². The fourth-order valence-corrected chi connectivity index (χ4v) is 6.69. The summed E-state index contributed by atoms with van der Waals surface area (Å²) in [4.78, 5) is 0. The van der Waals surface area contributed by atoms with Crippen molar-refractivity contribution in [3.05, 3.63) is 114 Å². The van der Waals surface area contributed by atoms with E-state index in [2.05, 4.69) is 121 Å². The molecule has 32 heavy (non-hydrogen) atoms. The lowest BCUT2D eigenvalue weighted by Crippen LogP contribution is -1.94. The summed E-state index contributed by atoms with van der Waals surface area (Å²) in [7, 11) is -1.02. The van der Waals surface area contributed by atoms with Gasteiger partial charge in [0, 0.05) is 23.2 Å². The van der Waals surface area contributed by atoms with Crippen LogP contribution in [0.2, 0.25) is 0 Å². The van der Waals surface area contributed by atoms with Gasteiger partial charge in [-0.25, -0.2) is 0 Å². The van der Waals surface area contributed by atoms with Gasteiger partial charge in [-0.15, -0.1) is 0 Å². The van der Waals surface area contributed by atoms with Crippen molar-refractivity contribution < 1.29 is 0 Å². The van der Waals surface area contributed by atoms with Crippen LogP contribution in [-0.4, -0.2) is 8.68 Å². The number of allylic oxidation sites excluding steroid dienone is 2. The van der Waals surface area contributed by atoms with E-state index in [1.54, 1.807) is 0 Å². The molecule has 0 atom stereocenters. The number of aryl methyl sites for hydroxylation is 2. The third kappa shape index (κ3) is 3.68. The fraction of sp³-hybridized carbons (Fsp3) is 0.143. The first-order chi connectivity index (χ1) is 15.5. The molecule has 6 rings (SSSR count). The summed E-state index contributed by atoms with van der Waals surface area (Å²) < 4.78 is 4.40. The van der Waals surface area contributed by atoms with Gasteiger partial charge in [0.15, 0.2) is 0 Å². The summed E-state index contributed by atoms with van der Waals surface area (Å²) >= 11 is 6.91. The minimum absolute atomic E-state index is 1.02. The Hall–Kier alpha value is -2.80. The van der Waals surface area contributed by atoms with E-state index in [4.69, 9.17) is 11.2 Å². The van der Waals surface area contributed by atoms with Crippen LogP contribution in [0.25, 0.3) is 27.4 Å². The van der Waals surface area contributed by atoms with Crippen molar-refractivity contribution in [3.63, 3.8) is 0 Å². The van der Waals surface area contributed by atoms with E-state index in [1.807, 2.05) is 0 Å². The molecule has 1 aliphatic carbocycles. The minimum atomic E-state index is -1.02. The zero-order valence-corrected chi connectivity index (χ0v) is 20.2. The lowest BCUT2D eigenvalue weighted by molar-refractivity contribution is 1.21. The van der Waals surface area contributed by atoms with Crippen LogP contribution in [0.5, 0.6) is 0 Å². The molecule has 0 unspecified atom stereocenters. The number of fused-ring (bicyclic) bond motifs is 3. The Kier molecular flexibility index (Phi) is 5.67. The highest BCUT2D eigenvalue weighted by Gasteiger charge is 2.17. The highest BCUT2D eigenvalue weighted by Crippen LogP contribution is 2.50. The topological polar surface area (TPSA) is 9.86 Å². The maximum Gasteiger partial charge on any atom is 0.206 e. The summed E-state index contributed by atoms with van der Waals surface area (Å²) in [6, 6.07) is 25.5. The van der Waals surface area contributed by atoms with E-state index < -0.39 is 7.58 Å². The van der Waals surface area contributed by atoms with Crippen molar-refractivity contribution in [1.82, 2.24) is 8.68 Å². The molecule has 4 heteroatoms. The summed E-state index contributed by atoms with van der Waals surface area (Å²) in [5, 5.41) is 2.53. The first kappa shape index (κ1) is 21.1. The molecule has 1 aliphatic rings. The molecule has 2 heterocycles. The lowest BCUT2D eigenvalue weighted by Gasteiger charge is -2.15. The number of halogens is 1. The van der Waals surface area contributed by atoms with E-state index in [1.165, 1.54) is 49.6 Å². The van der Waals surface area contributed by atoms with Crippen molar-refractivity contribution >= 4 is 46.2 Å². The molecule has 0 bridgehead atoms. The number of rotatable bonds is 2. The van der Waals surface area contributed by atoms with Crippen LogP contribution in [0.1, 0.15) is 29.2 Å². The molecule has 0 aliphatic heterocycles. The molecule has 5 aromatic rings. The maximum absolute atomic E-state index is 6.91. The highest BCUT2D eigenvalue weighted by atomic mass is 35.7. The van der Waals surface area contributed by atoms with Crippen LogP contribution in [-0.2, 0) is 6.42 Å². The Morgan fingerprint density at radius 3 is 1.75 bits per heavy atom. The van der Waals surface area contributed by atoms with Gasteiger partial charge in [0.25, 0.3) is 0 Å². The molecule has 2 aromatic heterocycles. The molecule has 2 nitrogen and oxygen atoms in total. The van der Waals surface area contributed by atoms with Gasteiger partial charge in [-0.1, -0.05) is 66.7 Å². The van der Waals surface area contributed by atoms with Gasteiger partial charge in [0.2, 0.25) is 7.58 Å². The van der Waals surface area contributed by atoms with E-state index in [0.717, 1.165) is 6.42 Å². The minimum Gasteiger partial charge on any atom is -0.296 e. The molecule has 0 fully saturated rings. The standard InChI is InChI=1S/C18H16ClN2P.C10H10/c1-13-11-20(17-9-5-3-7-15(13)17)22(19)21-12-14(2)16-8-4-6-10-18(16)21;1-8-6-7-9-4-2-3-5-10(8)9/h3-12H,1-2H3;2-6H,7H2,1H3. The van der Waals surface area contributed by atoms with Gasteiger partial charge < -0.3 is 0 Å². The molecule has 0 amide bonds. The number of para-hydroxylation sites is 2. The van der Waals surface area contributed by atoms with Crippen LogP contribution in [0.4, 0.5) is 0 Å². The van der Waals surface area contributed by atoms with E-state index in [9.17, 15) is 0 Å². The fourth-order valence-electron chi connectivity index (χ4n) is 4.49. The molecule has 0 radical (unpaired) electrons. The molecule has 0 saturated carbocycles. The Morgan fingerprint density at radius 1 is 0.688 bits per heavy atom.